The van der Waals surface area contributed by atoms with Crippen molar-refractivity contribution in [2.45, 2.75) is 44.6 Å². The summed E-state index contributed by atoms with van der Waals surface area (Å²) in [6.07, 6.45) is 2.78. The third-order valence-electron chi connectivity index (χ3n) is 4.76. The highest BCUT2D eigenvalue weighted by molar-refractivity contribution is 8.02. The molecule has 6 nitrogen and oxygen atoms in total. The normalized spacial score (nSPS) is 11.5. The third kappa shape index (κ3) is 5.21. The number of imidazole rings is 1. The van der Waals surface area contributed by atoms with Crippen molar-refractivity contribution in [3.05, 3.63) is 65.3 Å². The maximum Gasteiger partial charge on any atom is 0.256 e. The zero-order chi connectivity index (χ0) is 21.9. The van der Waals surface area contributed by atoms with Gasteiger partial charge in [0, 0.05) is 19.2 Å². The lowest BCUT2D eigenvalue weighted by Gasteiger charge is -2.19. The predicted molar refractivity (Wildman–Crippen MR) is 124 cm³/mol. The molecule has 7 heteroatoms. The molecular formula is C23H29N5OS. The summed E-state index contributed by atoms with van der Waals surface area (Å²) in [7, 11) is 2.02. The largest absolute Gasteiger partial charge is 0.370 e. The molecule has 3 rings (SSSR count). The lowest BCUT2D eigenvalue weighted by Crippen LogP contribution is -2.15. The van der Waals surface area contributed by atoms with Crippen LogP contribution in [0.2, 0.25) is 0 Å². The minimum atomic E-state index is -0.192. The number of thioether (sulfide) groups is 1. The average molecular weight is 424 g/mol. The van der Waals surface area contributed by atoms with Crippen molar-refractivity contribution in [3.8, 4) is 0 Å². The summed E-state index contributed by atoms with van der Waals surface area (Å²) in [5.41, 5.74) is 2.51. The van der Waals surface area contributed by atoms with E-state index in [-0.39, 0.29) is 11.3 Å². The Labute approximate surface area is 182 Å². The fourth-order valence-corrected chi connectivity index (χ4v) is 3.70. The topological polar surface area (TPSA) is 62.5 Å². The number of anilines is 1. The number of amides is 1. The molecule has 0 radical (unpaired) electrons. The van der Waals surface area contributed by atoms with E-state index in [9.17, 15) is 4.79 Å². The van der Waals surface area contributed by atoms with Crippen LogP contribution in [0, 0.1) is 0 Å². The molecule has 0 saturated heterocycles. The fraction of sp³-hybridized carbons (Fsp3) is 0.348. The molecule has 30 heavy (non-hydrogen) atoms. The van der Waals surface area contributed by atoms with Crippen molar-refractivity contribution in [1.82, 2.24) is 19.5 Å². The first-order chi connectivity index (χ1) is 14.2. The minimum Gasteiger partial charge on any atom is -0.370 e. The highest BCUT2D eigenvalue weighted by Crippen LogP contribution is 2.26. The van der Waals surface area contributed by atoms with Crippen molar-refractivity contribution < 1.29 is 4.79 Å². The maximum absolute atomic E-state index is 12.6. The molecule has 0 unspecified atom stereocenters. The van der Waals surface area contributed by atoms with E-state index in [1.807, 2.05) is 43.4 Å². The summed E-state index contributed by atoms with van der Waals surface area (Å²) in [6, 6.07) is 11.5. The van der Waals surface area contributed by atoms with E-state index in [4.69, 9.17) is 0 Å². The molecule has 0 fully saturated rings. The lowest BCUT2D eigenvalue weighted by atomic mass is 9.87. The van der Waals surface area contributed by atoms with Crippen molar-refractivity contribution in [2.75, 3.05) is 18.9 Å². The molecule has 2 heterocycles. The van der Waals surface area contributed by atoms with Crippen LogP contribution in [0.3, 0.4) is 0 Å². The van der Waals surface area contributed by atoms with E-state index >= 15 is 0 Å². The van der Waals surface area contributed by atoms with Gasteiger partial charge in [-0.3, -0.25) is 4.79 Å². The van der Waals surface area contributed by atoms with Gasteiger partial charge in [-0.15, -0.1) is 0 Å². The summed E-state index contributed by atoms with van der Waals surface area (Å²) in [6.45, 7) is 13.6. The van der Waals surface area contributed by atoms with Gasteiger partial charge >= 0.3 is 0 Å². The lowest BCUT2D eigenvalue weighted by molar-refractivity contribution is 0.102. The third-order valence-corrected chi connectivity index (χ3v) is 5.73. The van der Waals surface area contributed by atoms with Gasteiger partial charge in [0.25, 0.3) is 5.91 Å². The number of carbonyl (C=O) groups is 1. The number of carbonyl (C=O) groups excluding carboxylic acids is 1. The van der Waals surface area contributed by atoms with E-state index < -0.39 is 0 Å². The van der Waals surface area contributed by atoms with Gasteiger partial charge in [0.15, 0.2) is 11.5 Å². The average Bonchev–Trinajstić information content (AvgIpc) is 3.09. The SMILES string of the molecule is C=C(Sc1ccc2nc(NC(=O)c3ccc(C(C)(C)C)cc3)cn2n1)N(C)CCC. The van der Waals surface area contributed by atoms with Crippen LogP contribution in [0.25, 0.3) is 5.65 Å². The molecule has 2 aromatic heterocycles. The summed E-state index contributed by atoms with van der Waals surface area (Å²) in [5.74, 6) is 0.277. The molecule has 158 valence electrons. The van der Waals surface area contributed by atoms with E-state index in [1.165, 1.54) is 17.3 Å². The number of hydrogen-bond acceptors (Lipinski definition) is 5. The molecule has 0 aliphatic heterocycles. The quantitative estimate of drug-likeness (QED) is 0.530. The van der Waals surface area contributed by atoms with E-state index in [0.29, 0.717) is 17.0 Å². The van der Waals surface area contributed by atoms with Crippen LogP contribution in [-0.2, 0) is 5.41 Å². The molecule has 1 N–H and O–H groups in total. The first kappa shape index (κ1) is 21.9. The molecule has 1 amide bonds. The molecular weight excluding hydrogens is 394 g/mol. The Bertz CT molecular complexity index is 1050. The number of hydrogen-bond donors (Lipinski definition) is 1. The highest BCUT2D eigenvalue weighted by atomic mass is 32.2. The first-order valence-corrected chi connectivity index (χ1v) is 10.8. The molecule has 0 bridgehead atoms. The Kier molecular flexibility index (Phi) is 6.51. The number of nitrogens with one attached hydrogen (secondary N) is 1. The van der Waals surface area contributed by atoms with Gasteiger partial charge in [-0.2, -0.15) is 5.10 Å². The van der Waals surface area contributed by atoms with Gasteiger partial charge in [-0.1, -0.05) is 58.2 Å². The molecule has 3 aromatic rings. The van der Waals surface area contributed by atoms with Gasteiger partial charge in [-0.05, 0) is 41.7 Å². The Balaban J connectivity index is 1.71. The second-order valence-electron chi connectivity index (χ2n) is 8.30. The van der Waals surface area contributed by atoms with Gasteiger partial charge in [0.2, 0.25) is 0 Å². The van der Waals surface area contributed by atoms with E-state index in [0.717, 1.165) is 23.0 Å². The molecule has 0 saturated carbocycles. The summed E-state index contributed by atoms with van der Waals surface area (Å²) in [4.78, 5) is 19.2. The Hall–Kier alpha value is -2.80. The van der Waals surface area contributed by atoms with Crippen molar-refractivity contribution in [1.29, 1.82) is 0 Å². The number of fused-ring (bicyclic) bond motifs is 1. The van der Waals surface area contributed by atoms with Crippen molar-refractivity contribution in [3.63, 3.8) is 0 Å². The number of benzene rings is 1. The smallest absolute Gasteiger partial charge is 0.256 e. The van der Waals surface area contributed by atoms with Crippen LogP contribution >= 0.6 is 11.8 Å². The van der Waals surface area contributed by atoms with Crippen molar-refractivity contribution >= 4 is 29.1 Å². The maximum atomic E-state index is 12.6. The molecule has 1 aromatic carbocycles. The van der Waals surface area contributed by atoms with Gasteiger partial charge in [0.1, 0.15) is 5.03 Å². The van der Waals surface area contributed by atoms with Crippen LogP contribution in [0.15, 0.2) is 59.2 Å². The fourth-order valence-electron chi connectivity index (χ4n) is 2.95. The highest BCUT2D eigenvalue weighted by Gasteiger charge is 2.15. The Morgan fingerprint density at radius 2 is 1.90 bits per heavy atom. The van der Waals surface area contributed by atoms with Gasteiger partial charge in [0.05, 0.1) is 11.2 Å². The molecule has 0 spiro atoms. The standard InChI is InChI=1S/C23H29N5OS/c1-7-14-27(6)16(2)30-21-13-12-20-24-19(15-28(20)26-21)25-22(29)17-8-10-18(11-9-17)23(3,4)5/h8-13,15H,2,7,14H2,1,3-6H3,(H,25,29). The second-order valence-corrected chi connectivity index (χ2v) is 9.39. The van der Waals surface area contributed by atoms with Crippen LogP contribution in [0.5, 0.6) is 0 Å². The number of aromatic nitrogens is 3. The Morgan fingerprint density at radius 1 is 1.20 bits per heavy atom. The molecule has 0 atom stereocenters. The van der Waals surface area contributed by atoms with Crippen LogP contribution in [-0.4, -0.2) is 39.0 Å². The summed E-state index contributed by atoms with van der Waals surface area (Å²) in [5, 5.41) is 9.20. The second kappa shape index (κ2) is 8.92. The van der Waals surface area contributed by atoms with E-state index in [2.05, 4.69) is 54.6 Å². The van der Waals surface area contributed by atoms with E-state index in [1.54, 1.807) is 10.7 Å². The molecule has 0 aliphatic carbocycles. The predicted octanol–water partition coefficient (Wildman–Crippen LogP) is 5.18. The van der Waals surface area contributed by atoms with Crippen molar-refractivity contribution in [2.24, 2.45) is 0 Å². The zero-order valence-corrected chi connectivity index (χ0v) is 19.1. The zero-order valence-electron chi connectivity index (χ0n) is 18.3. The number of nitrogens with zero attached hydrogens (tertiary/aromatic N) is 4. The molecule has 0 aliphatic rings. The monoisotopic (exact) mass is 423 g/mol. The summed E-state index contributed by atoms with van der Waals surface area (Å²) >= 11 is 1.51. The first-order valence-electron chi connectivity index (χ1n) is 10.0. The van der Waals surface area contributed by atoms with Gasteiger partial charge in [-0.25, -0.2) is 9.50 Å². The Morgan fingerprint density at radius 3 is 2.53 bits per heavy atom. The van der Waals surface area contributed by atoms with Crippen LogP contribution in [0.4, 0.5) is 5.82 Å². The van der Waals surface area contributed by atoms with Crippen LogP contribution in [0.1, 0.15) is 50.0 Å². The van der Waals surface area contributed by atoms with Crippen LogP contribution < -0.4 is 5.32 Å². The summed E-state index contributed by atoms with van der Waals surface area (Å²) < 4.78 is 1.67. The minimum absolute atomic E-state index is 0.0502. The number of rotatable bonds is 7. The van der Waals surface area contributed by atoms with Gasteiger partial charge < -0.3 is 10.2 Å².